The van der Waals surface area contributed by atoms with Crippen molar-refractivity contribution >= 4 is 0 Å². The minimum Gasteiger partial charge on any atom is -0.491 e. The molecule has 0 fully saturated rings. The molecule has 0 aliphatic carbocycles. The number of hydrogen-bond acceptors (Lipinski definition) is 3. The SMILES string of the molecule is CCOC(C)CNCc1cccc(OC(C)C)c1. The van der Waals surface area contributed by atoms with E-state index in [2.05, 4.69) is 24.4 Å². The van der Waals surface area contributed by atoms with E-state index in [1.54, 1.807) is 0 Å². The predicted molar refractivity (Wildman–Crippen MR) is 75.0 cm³/mol. The Morgan fingerprint density at radius 2 is 2.00 bits per heavy atom. The molecule has 1 aromatic carbocycles. The lowest BCUT2D eigenvalue weighted by Crippen LogP contribution is -2.26. The van der Waals surface area contributed by atoms with Gasteiger partial charge in [-0.1, -0.05) is 12.1 Å². The van der Waals surface area contributed by atoms with Gasteiger partial charge in [0, 0.05) is 19.7 Å². The first-order chi connectivity index (χ1) is 8.61. The lowest BCUT2D eigenvalue weighted by atomic mass is 10.2. The van der Waals surface area contributed by atoms with Crippen LogP contribution in [0.3, 0.4) is 0 Å². The summed E-state index contributed by atoms with van der Waals surface area (Å²) in [6.45, 7) is 10.6. The van der Waals surface area contributed by atoms with Crippen LogP contribution >= 0.6 is 0 Å². The van der Waals surface area contributed by atoms with Gasteiger partial charge in [0.25, 0.3) is 0 Å². The second kappa shape index (κ2) is 8.11. The van der Waals surface area contributed by atoms with Gasteiger partial charge in [0.1, 0.15) is 5.75 Å². The Balaban J connectivity index is 2.38. The Bertz CT molecular complexity index is 339. The molecule has 1 aromatic rings. The van der Waals surface area contributed by atoms with E-state index in [1.165, 1.54) is 5.56 Å². The van der Waals surface area contributed by atoms with Crippen LogP contribution in [-0.4, -0.2) is 25.4 Å². The second-order valence-electron chi connectivity index (χ2n) is 4.71. The van der Waals surface area contributed by atoms with E-state index < -0.39 is 0 Å². The zero-order chi connectivity index (χ0) is 13.4. The fourth-order valence-corrected chi connectivity index (χ4v) is 1.76. The van der Waals surface area contributed by atoms with Gasteiger partial charge in [-0.2, -0.15) is 0 Å². The first kappa shape index (κ1) is 15.0. The highest BCUT2D eigenvalue weighted by Gasteiger charge is 2.02. The Kier molecular flexibility index (Phi) is 6.76. The minimum absolute atomic E-state index is 0.214. The topological polar surface area (TPSA) is 30.5 Å². The molecule has 0 amide bonds. The Morgan fingerprint density at radius 3 is 2.67 bits per heavy atom. The largest absolute Gasteiger partial charge is 0.491 e. The molecule has 0 saturated carbocycles. The summed E-state index contributed by atoms with van der Waals surface area (Å²) in [6.07, 6.45) is 0.469. The van der Waals surface area contributed by atoms with Crippen LogP contribution in [0, 0.1) is 0 Å². The van der Waals surface area contributed by atoms with E-state index in [9.17, 15) is 0 Å². The quantitative estimate of drug-likeness (QED) is 0.770. The fraction of sp³-hybridized carbons (Fsp3) is 0.600. The summed E-state index contributed by atoms with van der Waals surface area (Å²) >= 11 is 0. The summed E-state index contributed by atoms with van der Waals surface area (Å²) < 4.78 is 11.1. The third-order valence-electron chi connectivity index (χ3n) is 2.48. The molecule has 0 aliphatic heterocycles. The van der Waals surface area contributed by atoms with Gasteiger partial charge >= 0.3 is 0 Å². The molecule has 0 aliphatic rings. The minimum atomic E-state index is 0.214. The van der Waals surface area contributed by atoms with Gasteiger partial charge in [0.05, 0.1) is 12.2 Å². The number of benzene rings is 1. The van der Waals surface area contributed by atoms with Crippen LogP contribution in [0.25, 0.3) is 0 Å². The summed E-state index contributed by atoms with van der Waals surface area (Å²) in [5.41, 5.74) is 1.23. The molecule has 0 saturated heterocycles. The molecule has 0 heterocycles. The summed E-state index contributed by atoms with van der Waals surface area (Å²) in [7, 11) is 0. The lowest BCUT2D eigenvalue weighted by molar-refractivity contribution is 0.0759. The summed E-state index contributed by atoms with van der Waals surface area (Å²) in [4.78, 5) is 0. The van der Waals surface area contributed by atoms with Crippen molar-refractivity contribution in [2.75, 3.05) is 13.2 Å². The van der Waals surface area contributed by atoms with Crippen LogP contribution in [0.2, 0.25) is 0 Å². The van der Waals surface area contributed by atoms with Crippen molar-refractivity contribution in [3.63, 3.8) is 0 Å². The van der Waals surface area contributed by atoms with E-state index in [-0.39, 0.29) is 12.2 Å². The number of rotatable bonds is 8. The fourth-order valence-electron chi connectivity index (χ4n) is 1.76. The van der Waals surface area contributed by atoms with Crippen molar-refractivity contribution in [2.45, 2.75) is 46.4 Å². The van der Waals surface area contributed by atoms with Crippen molar-refractivity contribution in [1.82, 2.24) is 5.32 Å². The molecule has 0 spiro atoms. The zero-order valence-corrected chi connectivity index (χ0v) is 11.9. The summed E-state index contributed by atoms with van der Waals surface area (Å²) in [6, 6.07) is 8.21. The smallest absolute Gasteiger partial charge is 0.120 e. The van der Waals surface area contributed by atoms with E-state index in [0.29, 0.717) is 0 Å². The third-order valence-corrected chi connectivity index (χ3v) is 2.48. The van der Waals surface area contributed by atoms with E-state index in [1.807, 2.05) is 32.9 Å². The molecule has 3 heteroatoms. The van der Waals surface area contributed by atoms with Crippen LogP contribution in [0.1, 0.15) is 33.3 Å². The van der Waals surface area contributed by atoms with Crippen molar-refractivity contribution < 1.29 is 9.47 Å². The van der Waals surface area contributed by atoms with Gasteiger partial charge in [-0.05, 0) is 45.4 Å². The maximum absolute atomic E-state index is 5.67. The van der Waals surface area contributed by atoms with Crippen LogP contribution in [0.5, 0.6) is 5.75 Å². The van der Waals surface area contributed by atoms with Crippen molar-refractivity contribution in [3.8, 4) is 5.75 Å². The first-order valence-electron chi connectivity index (χ1n) is 6.69. The average Bonchev–Trinajstić information content (AvgIpc) is 2.29. The van der Waals surface area contributed by atoms with Gasteiger partial charge in [0.15, 0.2) is 0 Å². The molecular formula is C15H25NO2. The van der Waals surface area contributed by atoms with Gasteiger partial charge in [0.2, 0.25) is 0 Å². The van der Waals surface area contributed by atoms with Crippen LogP contribution in [0.4, 0.5) is 0 Å². The summed E-state index contributed by atoms with van der Waals surface area (Å²) in [5.74, 6) is 0.933. The molecule has 1 atom stereocenters. The molecular weight excluding hydrogens is 226 g/mol. The summed E-state index contributed by atoms with van der Waals surface area (Å²) in [5, 5.41) is 3.39. The molecule has 18 heavy (non-hydrogen) atoms. The van der Waals surface area contributed by atoms with Crippen LogP contribution in [-0.2, 0) is 11.3 Å². The molecule has 0 bridgehead atoms. The molecule has 1 rings (SSSR count). The van der Waals surface area contributed by atoms with E-state index in [0.717, 1.165) is 25.4 Å². The maximum atomic E-state index is 5.67. The van der Waals surface area contributed by atoms with Gasteiger partial charge in [-0.25, -0.2) is 0 Å². The van der Waals surface area contributed by atoms with Gasteiger partial charge < -0.3 is 14.8 Å². The lowest BCUT2D eigenvalue weighted by Gasteiger charge is -2.14. The highest BCUT2D eigenvalue weighted by Crippen LogP contribution is 2.14. The highest BCUT2D eigenvalue weighted by atomic mass is 16.5. The molecule has 3 nitrogen and oxygen atoms in total. The normalized spacial score (nSPS) is 12.7. The standard InChI is InChI=1S/C15H25NO2/c1-5-17-13(4)10-16-11-14-7-6-8-15(9-14)18-12(2)3/h6-9,12-13,16H,5,10-11H2,1-4H3. The molecule has 0 aromatic heterocycles. The molecule has 102 valence electrons. The van der Waals surface area contributed by atoms with E-state index in [4.69, 9.17) is 9.47 Å². The molecule has 0 radical (unpaired) electrons. The third kappa shape index (κ3) is 6.03. The zero-order valence-electron chi connectivity index (χ0n) is 11.9. The van der Waals surface area contributed by atoms with Crippen molar-refractivity contribution in [3.05, 3.63) is 29.8 Å². The van der Waals surface area contributed by atoms with Gasteiger partial charge in [-0.3, -0.25) is 0 Å². The Labute approximate surface area is 110 Å². The van der Waals surface area contributed by atoms with Crippen molar-refractivity contribution in [2.24, 2.45) is 0 Å². The second-order valence-corrected chi connectivity index (χ2v) is 4.71. The molecule has 1 N–H and O–H groups in total. The first-order valence-corrected chi connectivity index (χ1v) is 6.69. The Morgan fingerprint density at radius 1 is 1.22 bits per heavy atom. The Hall–Kier alpha value is -1.06. The highest BCUT2D eigenvalue weighted by molar-refractivity contribution is 5.28. The average molecular weight is 251 g/mol. The number of ether oxygens (including phenoxy) is 2. The predicted octanol–water partition coefficient (Wildman–Crippen LogP) is 2.99. The van der Waals surface area contributed by atoms with Gasteiger partial charge in [-0.15, -0.1) is 0 Å². The maximum Gasteiger partial charge on any atom is 0.120 e. The van der Waals surface area contributed by atoms with E-state index >= 15 is 0 Å². The number of nitrogens with one attached hydrogen (secondary N) is 1. The monoisotopic (exact) mass is 251 g/mol. The van der Waals surface area contributed by atoms with Crippen LogP contribution < -0.4 is 10.1 Å². The molecule has 1 unspecified atom stereocenters. The van der Waals surface area contributed by atoms with Crippen molar-refractivity contribution in [1.29, 1.82) is 0 Å². The van der Waals surface area contributed by atoms with Crippen LogP contribution in [0.15, 0.2) is 24.3 Å². The number of hydrogen-bond donors (Lipinski definition) is 1.